The van der Waals surface area contributed by atoms with Crippen molar-refractivity contribution < 1.29 is 5.11 Å². The van der Waals surface area contributed by atoms with E-state index in [-0.39, 0.29) is 24.2 Å². The molecule has 2 fully saturated rings. The minimum Gasteiger partial charge on any atom is -0.395 e. The van der Waals surface area contributed by atoms with Gasteiger partial charge in [0.05, 0.1) is 12.3 Å². The van der Waals surface area contributed by atoms with Crippen LogP contribution in [0.4, 0.5) is 5.82 Å². The van der Waals surface area contributed by atoms with E-state index in [1.165, 1.54) is 10.1 Å². The van der Waals surface area contributed by atoms with E-state index < -0.39 is 0 Å². The van der Waals surface area contributed by atoms with E-state index in [0.29, 0.717) is 23.8 Å². The van der Waals surface area contributed by atoms with Crippen LogP contribution in [0.3, 0.4) is 0 Å². The van der Waals surface area contributed by atoms with Gasteiger partial charge in [-0.15, -0.1) is 0 Å². The Labute approximate surface area is 165 Å². The van der Waals surface area contributed by atoms with Crippen LogP contribution in [0, 0.1) is 17.8 Å². The van der Waals surface area contributed by atoms with Gasteiger partial charge >= 0.3 is 5.69 Å². The summed E-state index contributed by atoms with van der Waals surface area (Å²) in [6.07, 6.45) is 3.74. The monoisotopic (exact) mass is 383 g/mol. The van der Waals surface area contributed by atoms with Crippen LogP contribution in [0.2, 0.25) is 0 Å². The van der Waals surface area contributed by atoms with Crippen LogP contribution in [0.25, 0.3) is 5.69 Å². The van der Waals surface area contributed by atoms with E-state index in [4.69, 9.17) is 11.5 Å². The predicted octanol–water partition coefficient (Wildman–Crippen LogP) is 0.633. The Morgan fingerprint density at radius 1 is 1.21 bits per heavy atom. The number of hydrogen-bond donors (Lipinski definition) is 3. The Hall–Kier alpha value is -2.22. The van der Waals surface area contributed by atoms with Crippen molar-refractivity contribution in [3.63, 3.8) is 0 Å². The van der Waals surface area contributed by atoms with Crippen molar-refractivity contribution in [2.75, 3.05) is 25.4 Å². The summed E-state index contributed by atoms with van der Waals surface area (Å²) in [5.74, 6) is 2.05. The number of aliphatic hydroxyl groups is 1. The highest BCUT2D eigenvalue weighted by atomic mass is 16.3. The summed E-state index contributed by atoms with van der Waals surface area (Å²) in [6, 6.07) is 10.2. The molecule has 2 aromatic rings. The first-order valence-electron chi connectivity index (χ1n) is 10.1. The van der Waals surface area contributed by atoms with E-state index in [1.807, 2.05) is 12.1 Å². The summed E-state index contributed by atoms with van der Waals surface area (Å²) in [5, 5.41) is 9.28. The van der Waals surface area contributed by atoms with Gasteiger partial charge in [-0.05, 0) is 54.4 Å². The number of aliphatic hydroxyl groups excluding tert-OH is 1. The maximum atomic E-state index is 12.0. The van der Waals surface area contributed by atoms with Crippen LogP contribution < -0.4 is 17.2 Å². The molecular formula is C21H29N5O2. The smallest absolute Gasteiger partial charge is 0.354 e. The molecule has 5 N–H and O–H groups in total. The molecule has 1 saturated carbocycles. The van der Waals surface area contributed by atoms with Crippen LogP contribution in [0.1, 0.15) is 18.9 Å². The van der Waals surface area contributed by atoms with Gasteiger partial charge in [-0.2, -0.15) is 4.98 Å². The van der Waals surface area contributed by atoms with Gasteiger partial charge in [0.15, 0.2) is 0 Å². The first kappa shape index (κ1) is 19.1. The summed E-state index contributed by atoms with van der Waals surface area (Å²) < 4.78 is 1.50. The molecule has 0 bridgehead atoms. The molecule has 1 saturated heterocycles. The number of piperidine rings is 1. The molecule has 4 rings (SSSR count). The van der Waals surface area contributed by atoms with Gasteiger partial charge in [-0.3, -0.25) is 9.47 Å². The van der Waals surface area contributed by atoms with Crippen LogP contribution in [0.15, 0.2) is 41.3 Å². The molecule has 2 heterocycles. The van der Waals surface area contributed by atoms with Crippen molar-refractivity contribution in [1.29, 1.82) is 0 Å². The number of hydrogen-bond acceptors (Lipinski definition) is 6. The van der Waals surface area contributed by atoms with Crippen molar-refractivity contribution in [3.8, 4) is 5.69 Å². The van der Waals surface area contributed by atoms with Crippen LogP contribution in [-0.4, -0.2) is 51.3 Å². The lowest BCUT2D eigenvalue weighted by atomic mass is 10.0. The second kappa shape index (κ2) is 7.66. The number of nitrogen functional groups attached to an aromatic ring is 1. The molecule has 7 heteroatoms. The van der Waals surface area contributed by atoms with Gasteiger partial charge in [0.1, 0.15) is 5.82 Å². The number of nitrogens with zero attached hydrogens (tertiary/aromatic N) is 3. The van der Waals surface area contributed by atoms with Crippen molar-refractivity contribution in [3.05, 3.63) is 52.6 Å². The first-order valence-corrected chi connectivity index (χ1v) is 10.1. The molecule has 0 amide bonds. The normalized spacial score (nSPS) is 26.0. The Morgan fingerprint density at radius 3 is 2.46 bits per heavy atom. The SMILES string of the molecule is CCC(Cc1ccc(-n2ccc(N)nc2=O)cc1)N1C[C@@H]2C([C@@H](N)CO)[C@@H]2C1. The van der Waals surface area contributed by atoms with Gasteiger partial charge in [0.2, 0.25) is 0 Å². The predicted molar refractivity (Wildman–Crippen MR) is 109 cm³/mol. The minimum atomic E-state index is -0.369. The van der Waals surface area contributed by atoms with Gasteiger partial charge in [-0.1, -0.05) is 19.1 Å². The van der Waals surface area contributed by atoms with Crippen LogP contribution in [-0.2, 0) is 6.42 Å². The molecule has 1 aromatic heterocycles. The largest absolute Gasteiger partial charge is 0.395 e. The number of anilines is 1. The van der Waals surface area contributed by atoms with Gasteiger partial charge in [0.25, 0.3) is 0 Å². The maximum Gasteiger partial charge on any atom is 0.354 e. The highest BCUT2D eigenvalue weighted by molar-refractivity contribution is 5.36. The zero-order valence-corrected chi connectivity index (χ0v) is 16.2. The molecule has 150 valence electrons. The second-order valence-electron chi connectivity index (χ2n) is 8.14. The second-order valence-corrected chi connectivity index (χ2v) is 8.14. The highest BCUT2D eigenvalue weighted by Crippen LogP contribution is 2.53. The fourth-order valence-electron chi connectivity index (χ4n) is 4.87. The quantitative estimate of drug-likeness (QED) is 0.647. The third-order valence-corrected chi connectivity index (χ3v) is 6.49. The number of likely N-dealkylation sites (tertiary alicyclic amines) is 1. The maximum absolute atomic E-state index is 12.0. The molecule has 2 unspecified atom stereocenters. The van der Waals surface area contributed by atoms with E-state index in [2.05, 4.69) is 28.9 Å². The fraction of sp³-hybridized carbons (Fsp3) is 0.524. The average molecular weight is 383 g/mol. The standard InChI is InChI=1S/C21H29N5O2/c1-2-14(25-10-16-17(11-25)20(16)18(22)12-27)9-13-3-5-15(6-4-13)26-8-7-19(23)24-21(26)28/h3-8,14,16-18,20,27H,2,9-12,22H2,1H3,(H2,23,24,28)/t14?,16-,17+,18-,20?/m0/s1. The van der Waals surface area contributed by atoms with Gasteiger partial charge in [0, 0.05) is 31.4 Å². The topological polar surface area (TPSA) is 110 Å². The molecule has 5 atom stereocenters. The van der Waals surface area contributed by atoms with Gasteiger partial charge in [-0.25, -0.2) is 4.79 Å². The highest BCUT2D eigenvalue weighted by Gasteiger charge is 2.58. The number of benzene rings is 1. The Balaban J connectivity index is 1.39. The lowest BCUT2D eigenvalue weighted by molar-refractivity contribution is 0.181. The Kier molecular flexibility index (Phi) is 5.23. The summed E-state index contributed by atoms with van der Waals surface area (Å²) in [6.45, 7) is 4.51. The molecule has 1 aliphatic heterocycles. The average Bonchev–Trinajstić information content (AvgIpc) is 3.19. The molecule has 0 spiro atoms. The number of fused-ring (bicyclic) bond motifs is 1. The molecule has 1 aromatic carbocycles. The van der Waals surface area contributed by atoms with Crippen molar-refractivity contribution in [1.82, 2.24) is 14.5 Å². The Morgan fingerprint density at radius 2 is 1.89 bits per heavy atom. The summed E-state index contributed by atoms with van der Waals surface area (Å²) in [5.41, 5.74) is 13.3. The van der Waals surface area contributed by atoms with E-state index >= 15 is 0 Å². The van der Waals surface area contributed by atoms with E-state index in [0.717, 1.165) is 31.6 Å². The third kappa shape index (κ3) is 3.57. The minimum absolute atomic E-state index is 0.0593. The number of rotatable bonds is 7. The molecule has 0 radical (unpaired) electrons. The third-order valence-electron chi connectivity index (χ3n) is 6.49. The Bertz CT molecular complexity index is 869. The first-order chi connectivity index (χ1) is 13.5. The summed E-state index contributed by atoms with van der Waals surface area (Å²) >= 11 is 0. The van der Waals surface area contributed by atoms with Crippen LogP contribution in [0.5, 0.6) is 0 Å². The molecular weight excluding hydrogens is 354 g/mol. The lowest BCUT2D eigenvalue weighted by Crippen LogP contribution is -2.39. The summed E-state index contributed by atoms with van der Waals surface area (Å²) in [4.78, 5) is 18.4. The molecule has 7 nitrogen and oxygen atoms in total. The molecule has 1 aliphatic carbocycles. The van der Waals surface area contributed by atoms with Crippen molar-refractivity contribution >= 4 is 5.82 Å². The van der Waals surface area contributed by atoms with Crippen molar-refractivity contribution in [2.45, 2.75) is 31.8 Å². The summed E-state index contributed by atoms with van der Waals surface area (Å²) in [7, 11) is 0. The fourth-order valence-corrected chi connectivity index (χ4v) is 4.87. The zero-order valence-electron chi connectivity index (χ0n) is 16.2. The lowest BCUT2D eigenvalue weighted by Gasteiger charge is -2.30. The zero-order chi connectivity index (χ0) is 19.8. The van der Waals surface area contributed by atoms with E-state index in [1.54, 1.807) is 12.3 Å². The van der Waals surface area contributed by atoms with Crippen molar-refractivity contribution in [2.24, 2.45) is 23.5 Å². The van der Waals surface area contributed by atoms with Gasteiger partial charge < -0.3 is 16.6 Å². The molecule has 28 heavy (non-hydrogen) atoms. The number of aromatic nitrogens is 2. The molecule has 2 aliphatic rings. The number of nitrogens with two attached hydrogens (primary N) is 2. The van der Waals surface area contributed by atoms with E-state index in [9.17, 15) is 9.90 Å². The van der Waals surface area contributed by atoms with Crippen LogP contribution >= 0.6 is 0 Å².